The van der Waals surface area contributed by atoms with Crippen LogP contribution >= 0.6 is 0 Å². The highest BCUT2D eigenvalue weighted by atomic mass is 16.5. The third-order valence-corrected chi connectivity index (χ3v) is 4.27. The lowest BCUT2D eigenvalue weighted by Crippen LogP contribution is -2.21. The highest BCUT2D eigenvalue weighted by molar-refractivity contribution is 5.45. The second-order valence-electron chi connectivity index (χ2n) is 6.38. The van der Waals surface area contributed by atoms with Crippen LogP contribution in [0.3, 0.4) is 0 Å². The van der Waals surface area contributed by atoms with Gasteiger partial charge in [0, 0.05) is 11.7 Å². The molecule has 3 aromatic carbocycles. The van der Waals surface area contributed by atoms with Gasteiger partial charge in [-0.1, -0.05) is 55.0 Å². The minimum absolute atomic E-state index is 0.398. The van der Waals surface area contributed by atoms with Crippen LogP contribution in [0, 0.1) is 6.92 Å². The Morgan fingerprint density at radius 2 is 1.56 bits per heavy atom. The van der Waals surface area contributed by atoms with Crippen molar-refractivity contribution in [1.29, 1.82) is 0 Å². The Balaban J connectivity index is 1.66. The summed E-state index contributed by atoms with van der Waals surface area (Å²) in [4.78, 5) is 0. The van der Waals surface area contributed by atoms with E-state index in [4.69, 9.17) is 4.74 Å². The highest BCUT2D eigenvalue weighted by Gasteiger charge is 2.08. The largest absolute Gasteiger partial charge is 0.457 e. The maximum Gasteiger partial charge on any atom is 0.127 e. The monoisotopic (exact) mass is 331 g/mol. The van der Waals surface area contributed by atoms with Crippen molar-refractivity contribution in [3.63, 3.8) is 0 Å². The van der Waals surface area contributed by atoms with Crippen molar-refractivity contribution in [3.8, 4) is 11.5 Å². The van der Waals surface area contributed by atoms with Gasteiger partial charge in [0.2, 0.25) is 0 Å². The van der Waals surface area contributed by atoms with E-state index in [9.17, 15) is 0 Å². The first-order valence-corrected chi connectivity index (χ1v) is 8.88. The molecule has 3 aromatic rings. The van der Waals surface area contributed by atoms with Crippen LogP contribution in [0.1, 0.15) is 24.5 Å². The normalized spacial score (nSPS) is 11.8. The predicted octanol–water partition coefficient (Wildman–Crippen LogP) is 6.22. The Morgan fingerprint density at radius 3 is 2.28 bits per heavy atom. The van der Waals surface area contributed by atoms with Crippen molar-refractivity contribution in [1.82, 2.24) is 0 Å². The fourth-order valence-corrected chi connectivity index (χ4v) is 2.83. The number of para-hydroxylation sites is 1. The summed E-state index contributed by atoms with van der Waals surface area (Å²) in [5.74, 6) is 1.75. The van der Waals surface area contributed by atoms with Crippen LogP contribution in [0.15, 0.2) is 78.9 Å². The summed E-state index contributed by atoms with van der Waals surface area (Å²) >= 11 is 0. The van der Waals surface area contributed by atoms with Crippen molar-refractivity contribution >= 4 is 5.69 Å². The van der Waals surface area contributed by atoms with Crippen LogP contribution in [0.4, 0.5) is 5.69 Å². The lowest BCUT2D eigenvalue weighted by molar-refractivity contribution is 0.481. The molecule has 0 amide bonds. The summed E-state index contributed by atoms with van der Waals surface area (Å²) in [6.07, 6.45) is 2.04. The molecule has 1 atom stereocenters. The molecule has 0 saturated heterocycles. The van der Waals surface area contributed by atoms with E-state index < -0.39 is 0 Å². The van der Waals surface area contributed by atoms with Gasteiger partial charge < -0.3 is 10.1 Å². The van der Waals surface area contributed by atoms with Crippen LogP contribution in [0.2, 0.25) is 0 Å². The summed E-state index contributed by atoms with van der Waals surface area (Å²) in [5, 5.41) is 3.63. The lowest BCUT2D eigenvalue weighted by Gasteiger charge is -2.19. The quantitative estimate of drug-likeness (QED) is 0.555. The van der Waals surface area contributed by atoms with Gasteiger partial charge in [-0.25, -0.2) is 0 Å². The Labute approximate surface area is 150 Å². The van der Waals surface area contributed by atoms with Gasteiger partial charge in [-0.3, -0.25) is 0 Å². The lowest BCUT2D eigenvalue weighted by atomic mass is 10.0. The zero-order chi connectivity index (χ0) is 17.5. The van der Waals surface area contributed by atoms with Gasteiger partial charge in [0.15, 0.2) is 0 Å². The minimum atomic E-state index is 0.398. The van der Waals surface area contributed by atoms with Crippen LogP contribution in [0.25, 0.3) is 0 Å². The minimum Gasteiger partial charge on any atom is -0.457 e. The fraction of sp³-hybridized carbons (Fsp3) is 0.217. The predicted molar refractivity (Wildman–Crippen MR) is 106 cm³/mol. The molecule has 2 heteroatoms. The van der Waals surface area contributed by atoms with Gasteiger partial charge in [-0.2, -0.15) is 0 Å². The third-order valence-electron chi connectivity index (χ3n) is 4.27. The van der Waals surface area contributed by atoms with E-state index in [0.29, 0.717) is 6.04 Å². The zero-order valence-electron chi connectivity index (χ0n) is 14.9. The van der Waals surface area contributed by atoms with E-state index in [0.717, 1.165) is 24.3 Å². The molecular formula is C23H25NO. The Bertz CT molecular complexity index is 781. The number of hydrogen-bond acceptors (Lipinski definition) is 2. The maximum absolute atomic E-state index is 5.95. The molecule has 0 heterocycles. The van der Waals surface area contributed by atoms with Crippen molar-refractivity contribution in [2.75, 3.05) is 5.32 Å². The number of benzene rings is 3. The molecule has 1 unspecified atom stereocenters. The first kappa shape index (κ1) is 17.1. The molecule has 0 aromatic heterocycles. The first-order chi connectivity index (χ1) is 12.2. The van der Waals surface area contributed by atoms with Crippen LogP contribution in [-0.4, -0.2) is 6.04 Å². The standard InChI is InChI=1S/C23H25NO/c1-3-20(24-21-14-12-18(2)13-15-21)16-19-8-7-11-23(17-19)25-22-9-5-4-6-10-22/h4-15,17,20,24H,3,16H2,1-2H3. The van der Waals surface area contributed by atoms with Crippen molar-refractivity contribution in [3.05, 3.63) is 90.0 Å². The number of anilines is 1. The van der Waals surface area contributed by atoms with Gasteiger partial charge in [-0.15, -0.1) is 0 Å². The summed E-state index contributed by atoms with van der Waals surface area (Å²) in [6, 6.07) is 27.2. The Morgan fingerprint density at radius 1 is 0.840 bits per heavy atom. The van der Waals surface area contributed by atoms with Crippen molar-refractivity contribution in [2.45, 2.75) is 32.7 Å². The van der Waals surface area contributed by atoms with E-state index in [2.05, 4.69) is 61.6 Å². The second kappa shape index (κ2) is 8.39. The number of ether oxygens (including phenoxy) is 1. The van der Waals surface area contributed by atoms with Crippen molar-refractivity contribution < 1.29 is 4.74 Å². The van der Waals surface area contributed by atoms with Gasteiger partial charge in [0.25, 0.3) is 0 Å². The molecule has 0 bridgehead atoms. The average molecular weight is 331 g/mol. The van der Waals surface area contributed by atoms with Crippen molar-refractivity contribution in [2.24, 2.45) is 0 Å². The van der Waals surface area contributed by atoms with Crippen LogP contribution in [-0.2, 0) is 6.42 Å². The summed E-state index contributed by atoms with van der Waals surface area (Å²) in [6.45, 7) is 4.33. The molecule has 3 rings (SSSR count). The second-order valence-corrected chi connectivity index (χ2v) is 6.38. The molecule has 0 aliphatic heterocycles. The molecule has 0 aliphatic rings. The summed E-state index contributed by atoms with van der Waals surface area (Å²) in [7, 11) is 0. The van der Waals surface area contributed by atoms with E-state index in [1.54, 1.807) is 0 Å². The third kappa shape index (κ3) is 5.12. The molecular weight excluding hydrogens is 306 g/mol. The first-order valence-electron chi connectivity index (χ1n) is 8.88. The molecule has 0 spiro atoms. The summed E-state index contributed by atoms with van der Waals surface area (Å²) in [5.41, 5.74) is 3.73. The number of aryl methyl sites for hydroxylation is 1. The molecule has 0 aliphatic carbocycles. The van der Waals surface area contributed by atoms with Gasteiger partial charge in [0.1, 0.15) is 11.5 Å². The molecule has 0 saturated carbocycles. The number of hydrogen-bond donors (Lipinski definition) is 1. The smallest absolute Gasteiger partial charge is 0.127 e. The van der Waals surface area contributed by atoms with E-state index >= 15 is 0 Å². The van der Waals surface area contributed by atoms with E-state index in [-0.39, 0.29) is 0 Å². The number of rotatable bonds is 7. The summed E-state index contributed by atoms with van der Waals surface area (Å²) < 4.78 is 5.95. The molecule has 0 fully saturated rings. The molecule has 128 valence electrons. The van der Waals surface area contributed by atoms with Crippen LogP contribution in [0.5, 0.6) is 11.5 Å². The fourth-order valence-electron chi connectivity index (χ4n) is 2.83. The van der Waals surface area contributed by atoms with E-state index in [1.807, 2.05) is 36.4 Å². The zero-order valence-corrected chi connectivity index (χ0v) is 14.9. The Hall–Kier alpha value is -2.74. The highest BCUT2D eigenvalue weighted by Crippen LogP contribution is 2.23. The molecule has 0 radical (unpaired) electrons. The molecule has 1 N–H and O–H groups in total. The molecule has 2 nitrogen and oxygen atoms in total. The van der Waals surface area contributed by atoms with Crippen LogP contribution < -0.4 is 10.1 Å². The molecule has 25 heavy (non-hydrogen) atoms. The van der Waals surface area contributed by atoms with E-state index in [1.165, 1.54) is 16.8 Å². The van der Waals surface area contributed by atoms with Gasteiger partial charge in [-0.05, 0) is 61.7 Å². The average Bonchev–Trinajstić information content (AvgIpc) is 2.64. The SMILES string of the molecule is CCC(Cc1cccc(Oc2ccccc2)c1)Nc1ccc(C)cc1. The van der Waals surface area contributed by atoms with Gasteiger partial charge >= 0.3 is 0 Å². The Kier molecular flexibility index (Phi) is 5.73. The maximum atomic E-state index is 5.95. The topological polar surface area (TPSA) is 21.3 Å². The van der Waals surface area contributed by atoms with Gasteiger partial charge in [0.05, 0.1) is 0 Å². The number of nitrogens with one attached hydrogen (secondary N) is 1.